The summed E-state index contributed by atoms with van der Waals surface area (Å²) in [6.07, 6.45) is 8.21. The smallest absolute Gasteiger partial charge is 0.331 e. The highest BCUT2D eigenvalue weighted by Gasteiger charge is 2.65. The van der Waals surface area contributed by atoms with Crippen molar-refractivity contribution in [3.8, 4) is 0 Å². The van der Waals surface area contributed by atoms with E-state index >= 15 is 0 Å². The molecule has 4 nitrogen and oxygen atoms in total. The Balaban J connectivity index is 1.75. The molecule has 0 unspecified atom stereocenters. The standard InChI is InChI=1S/C22H30O4/c1-13(19(24)25)16-6-7-17-18-5-4-14-12-15(23)8-9-21(14,3)22(18,26)11-10-20(16,17)2/h12,17-18,26H,4-11H2,1-3H3,(H,24,25)/b16-13-/t17-,18-,20+,21-,22+/m0/s1. The lowest BCUT2D eigenvalue weighted by molar-refractivity contribution is -0.183. The van der Waals surface area contributed by atoms with Gasteiger partial charge in [-0.15, -0.1) is 0 Å². The second-order valence-corrected chi connectivity index (χ2v) is 9.51. The lowest BCUT2D eigenvalue weighted by atomic mass is 9.45. The van der Waals surface area contributed by atoms with Gasteiger partial charge in [0.05, 0.1) is 5.60 Å². The van der Waals surface area contributed by atoms with E-state index in [2.05, 4.69) is 13.8 Å². The van der Waals surface area contributed by atoms with Crippen LogP contribution in [0.3, 0.4) is 0 Å². The average Bonchev–Trinajstić information content (AvgIpc) is 2.93. The Morgan fingerprint density at radius 2 is 1.77 bits per heavy atom. The molecule has 0 heterocycles. The topological polar surface area (TPSA) is 74.6 Å². The van der Waals surface area contributed by atoms with Crippen molar-refractivity contribution >= 4 is 11.8 Å². The zero-order chi connectivity index (χ0) is 18.9. The van der Waals surface area contributed by atoms with Crippen LogP contribution in [-0.2, 0) is 9.59 Å². The minimum absolute atomic E-state index is 0.110. The Hall–Kier alpha value is -1.42. The first-order valence-electron chi connectivity index (χ1n) is 10.0. The van der Waals surface area contributed by atoms with Gasteiger partial charge in [-0.1, -0.05) is 25.0 Å². The molecule has 0 amide bonds. The third-order valence-electron chi connectivity index (χ3n) is 8.71. The highest BCUT2D eigenvalue weighted by molar-refractivity contribution is 5.91. The number of rotatable bonds is 1. The zero-order valence-electron chi connectivity index (χ0n) is 16.1. The van der Waals surface area contributed by atoms with E-state index in [9.17, 15) is 19.8 Å². The van der Waals surface area contributed by atoms with Crippen molar-refractivity contribution in [2.75, 3.05) is 0 Å². The molecular formula is C22H30O4. The molecule has 4 aliphatic carbocycles. The highest BCUT2D eigenvalue weighted by Crippen LogP contribution is 2.68. The molecule has 26 heavy (non-hydrogen) atoms. The molecule has 3 saturated carbocycles. The summed E-state index contributed by atoms with van der Waals surface area (Å²) < 4.78 is 0. The minimum Gasteiger partial charge on any atom is -0.478 e. The molecule has 5 atom stereocenters. The molecule has 0 aromatic rings. The summed E-state index contributed by atoms with van der Waals surface area (Å²) in [5, 5.41) is 21.4. The van der Waals surface area contributed by atoms with Gasteiger partial charge < -0.3 is 10.2 Å². The number of hydrogen-bond donors (Lipinski definition) is 2. The third-order valence-corrected chi connectivity index (χ3v) is 8.71. The maximum absolute atomic E-state index is 11.9. The van der Waals surface area contributed by atoms with E-state index in [0.717, 1.165) is 49.7 Å². The van der Waals surface area contributed by atoms with Crippen molar-refractivity contribution in [1.82, 2.24) is 0 Å². The summed E-state index contributed by atoms with van der Waals surface area (Å²) in [5.74, 6) is -0.0880. The highest BCUT2D eigenvalue weighted by atomic mass is 16.4. The molecule has 4 aliphatic rings. The molecule has 0 aromatic carbocycles. The summed E-state index contributed by atoms with van der Waals surface area (Å²) >= 11 is 0. The summed E-state index contributed by atoms with van der Waals surface area (Å²) in [7, 11) is 0. The van der Waals surface area contributed by atoms with Crippen LogP contribution in [-0.4, -0.2) is 27.6 Å². The van der Waals surface area contributed by atoms with Gasteiger partial charge in [0, 0.05) is 17.4 Å². The summed E-state index contributed by atoms with van der Waals surface area (Å²) in [4.78, 5) is 23.5. The molecule has 0 radical (unpaired) electrons. The van der Waals surface area contributed by atoms with Crippen LogP contribution in [0.5, 0.6) is 0 Å². The SMILES string of the molecule is C/C(C(=O)O)=C1\CC[C@H]2[C@@H]3CCC4=CC(=O)CC[C@]4(C)[C@@]3(O)CC[C@]12C. The maximum Gasteiger partial charge on any atom is 0.331 e. The molecule has 0 aromatic heterocycles. The molecule has 2 N–H and O–H groups in total. The van der Waals surface area contributed by atoms with E-state index in [-0.39, 0.29) is 22.5 Å². The molecule has 0 bridgehead atoms. The monoisotopic (exact) mass is 358 g/mol. The van der Waals surface area contributed by atoms with Gasteiger partial charge in [-0.25, -0.2) is 4.79 Å². The minimum atomic E-state index is -0.811. The van der Waals surface area contributed by atoms with Crippen LogP contribution in [0.25, 0.3) is 0 Å². The Labute approximate surface area is 155 Å². The van der Waals surface area contributed by atoms with Gasteiger partial charge in [0.25, 0.3) is 0 Å². The van der Waals surface area contributed by atoms with E-state index in [1.807, 2.05) is 0 Å². The van der Waals surface area contributed by atoms with E-state index in [1.165, 1.54) is 0 Å². The van der Waals surface area contributed by atoms with Gasteiger partial charge >= 0.3 is 5.97 Å². The maximum atomic E-state index is 11.9. The van der Waals surface area contributed by atoms with Gasteiger partial charge in [-0.05, 0) is 75.2 Å². The Morgan fingerprint density at radius 1 is 1.08 bits per heavy atom. The first-order chi connectivity index (χ1) is 12.1. The number of carbonyl (C=O) groups is 2. The third kappa shape index (κ3) is 2.11. The lowest BCUT2D eigenvalue weighted by Crippen LogP contribution is -2.62. The molecule has 4 heteroatoms. The van der Waals surface area contributed by atoms with Gasteiger partial charge in [0.1, 0.15) is 0 Å². The second kappa shape index (κ2) is 5.54. The number of carboxylic acid groups (broad SMARTS) is 1. The van der Waals surface area contributed by atoms with Crippen molar-refractivity contribution < 1.29 is 19.8 Å². The van der Waals surface area contributed by atoms with Crippen molar-refractivity contribution in [1.29, 1.82) is 0 Å². The zero-order valence-corrected chi connectivity index (χ0v) is 16.1. The van der Waals surface area contributed by atoms with Crippen molar-refractivity contribution in [3.05, 3.63) is 22.8 Å². The molecule has 0 aliphatic heterocycles. The van der Waals surface area contributed by atoms with Crippen molar-refractivity contribution in [2.24, 2.45) is 22.7 Å². The summed E-state index contributed by atoms with van der Waals surface area (Å²) in [5.41, 5.74) is 1.57. The molecule has 4 rings (SSSR count). The first-order valence-corrected chi connectivity index (χ1v) is 10.0. The van der Waals surface area contributed by atoms with Crippen LogP contribution in [0.2, 0.25) is 0 Å². The van der Waals surface area contributed by atoms with Crippen LogP contribution in [0.4, 0.5) is 0 Å². The van der Waals surface area contributed by atoms with Crippen LogP contribution >= 0.6 is 0 Å². The van der Waals surface area contributed by atoms with Crippen LogP contribution < -0.4 is 0 Å². The van der Waals surface area contributed by atoms with Gasteiger partial charge in [0.15, 0.2) is 5.78 Å². The molecule has 0 spiro atoms. The normalized spacial score (nSPS) is 46.8. The van der Waals surface area contributed by atoms with E-state index in [4.69, 9.17) is 0 Å². The fraction of sp³-hybridized carbons (Fsp3) is 0.727. The number of carboxylic acids is 1. The molecular weight excluding hydrogens is 328 g/mol. The Morgan fingerprint density at radius 3 is 2.46 bits per heavy atom. The largest absolute Gasteiger partial charge is 0.478 e. The summed E-state index contributed by atoms with van der Waals surface area (Å²) in [6, 6.07) is 0. The number of hydrogen-bond acceptors (Lipinski definition) is 3. The average molecular weight is 358 g/mol. The number of allylic oxidation sites excluding steroid dienone is 1. The van der Waals surface area contributed by atoms with E-state index < -0.39 is 11.6 Å². The first kappa shape index (κ1) is 18.0. The van der Waals surface area contributed by atoms with Gasteiger partial charge in [-0.2, -0.15) is 0 Å². The molecule has 3 fully saturated rings. The van der Waals surface area contributed by atoms with Crippen molar-refractivity contribution in [3.63, 3.8) is 0 Å². The van der Waals surface area contributed by atoms with Gasteiger partial charge in [0.2, 0.25) is 0 Å². The Bertz CT molecular complexity index is 747. The summed E-state index contributed by atoms with van der Waals surface area (Å²) in [6.45, 7) is 6.13. The van der Waals surface area contributed by atoms with Crippen LogP contribution in [0, 0.1) is 22.7 Å². The number of aliphatic hydroxyl groups is 1. The fourth-order valence-electron chi connectivity index (χ4n) is 7.06. The number of carbonyl (C=O) groups excluding carboxylic acids is 1. The lowest BCUT2D eigenvalue weighted by Gasteiger charge is -2.62. The van der Waals surface area contributed by atoms with Gasteiger partial charge in [-0.3, -0.25) is 4.79 Å². The fourth-order valence-corrected chi connectivity index (χ4v) is 7.06. The van der Waals surface area contributed by atoms with Crippen molar-refractivity contribution in [2.45, 2.75) is 77.7 Å². The Kier molecular flexibility index (Phi) is 3.83. The van der Waals surface area contributed by atoms with E-state index in [0.29, 0.717) is 24.3 Å². The number of fused-ring (bicyclic) bond motifs is 5. The molecule has 142 valence electrons. The number of ketones is 1. The second-order valence-electron chi connectivity index (χ2n) is 9.51. The van der Waals surface area contributed by atoms with Crippen LogP contribution in [0.1, 0.15) is 72.1 Å². The number of aliphatic carboxylic acids is 1. The quantitative estimate of drug-likeness (QED) is 0.694. The molecule has 0 saturated heterocycles. The predicted octanol–water partition coefficient (Wildman–Crippen LogP) is 4.03. The van der Waals surface area contributed by atoms with E-state index in [1.54, 1.807) is 13.0 Å². The predicted molar refractivity (Wildman–Crippen MR) is 98.5 cm³/mol. The van der Waals surface area contributed by atoms with Crippen LogP contribution in [0.15, 0.2) is 22.8 Å².